The lowest BCUT2D eigenvalue weighted by atomic mass is 10.1. The number of hydrogen-bond acceptors (Lipinski definition) is 2. The van der Waals surface area contributed by atoms with Gasteiger partial charge in [-0.25, -0.2) is 0 Å². The van der Waals surface area contributed by atoms with Crippen molar-refractivity contribution in [1.29, 1.82) is 0 Å². The highest BCUT2D eigenvalue weighted by molar-refractivity contribution is 6.30. The summed E-state index contributed by atoms with van der Waals surface area (Å²) in [5.41, 5.74) is -0.727. The summed E-state index contributed by atoms with van der Waals surface area (Å²) in [6.45, 7) is -0.400. The van der Waals surface area contributed by atoms with E-state index in [1.54, 1.807) is 0 Å². The maximum absolute atomic E-state index is 12.6. The van der Waals surface area contributed by atoms with Crippen LogP contribution in [0.25, 0.3) is 0 Å². The van der Waals surface area contributed by atoms with Gasteiger partial charge in [-0.05, 0) is 36.4 Å². The van der Waals surface area contributed by atoms with Crippen LogP contribution in [-0.4, -0.2) is 18.2 Å². The number of carbonyl (C=O) groups is 2. The van der Waals surface area contributed by atoms with E-state index in [1.165, 1.54) is 30.3 Å². The Kier molecular flexibility index (Phi) is 5.05. The molecule has 2 aromatic rings. The number of nitrogens with one attached hydrogen (secondary N) is 1. The van der Waals surface area contributed by atoms with Crippen molar-refractivity contribution in [2.45, 2.75) is 6.18 Å². The van der Waals surface area contributed by atoms with Crippen molar-refractivity contribution in [1.82, 2.24) is 5.32 Å². The molecule has 2 rings (SSSR count). The quantitative estimate of drug-likeness (QED) is 0.855. The summed E-state index contributed by atoms with van der Waals surface area (Å²) >= 11 is 5.70. The van der Waals surface area contributed by atoms with Gasteiger partial charge in [0.1, 0.15) is 0 Å². The van der Waals surface area contributed by atoms with Crippen LogP contribution < -0.4 is 5.32 Å². The van der Waals surface area contributed by atoms with Gasteiger partial charge in [0.05, 0.1) is 12.1 Å². The van der Waals surface area contributed by atoms with E-state index in [1.807, 2.05) is 0 Å². The minimum Gasteiger partial charge on any atom is -0.345 e. The minimum atomic E-state index is -4.52. The summed E-state index contributed by atoms with van der Waals surface area (Å²) in [7, 11) is 0. The van der Waals surface area contributed by atoms with Gasteiger partial charge in [-0.2, -0.15) is 13.2 Å². The van der Waals surface area contributed by atoms with Gasteiger partial charge in [0, 0.05) is 16.1 Å². The van der Waals surface area contributed by atoms with E-state index in [4.69, 9.17) is 11.6 Å². The number of hydrogen-bond donors (Lipinski definition) is 1. The second kappa shape index (κ2) is 6.83. The summed E-state index contributed by atoms with van der Waals surface area (Å²) in [6, 6.07) is 10.1. The molecule has 0 atom stereocenters. The average molecular weight is 342 g/mol. The van der Waals surface area contributed by atoms with Gasteiger partial charge in [0.15, 0.2) is 5.78 Å². The van der Waals surface area contributed by atoms with Crippen molar-refractivity contribution >= 4 is 23.3 Å². The molecular formula is C16H11ClF3NO2. The highest BCUT2D eigenvalue weighted by Gasteiger charge is 2.30. The summed E-state index contributed by atoms with van der Waals surface area (Å²) in [4.78, 5) is 23.7. The maximum atomic E-state index is 12.6. The monoisotopic (exact) mass is 341 g/mol. The largest absolute Gasteiger partial charge is 0.416 e. The predicted octanol–water partition coefficient (Wildman–Crippen LogP) is 3.97. The van der Waals surface area contributed by atoms with Crippen LogP contribution in [0.4, 0.5) is 13.2 Å². The molecule has 3 nitrogen and oxygen atoms in total. The molecular weight excluding hydrogens is 331 g/mol. The number of Topliss-reactive ketones (excluding diaryl/α,β-unsaturated/α-hetero) is 1. The molecule has 0 saturated heterocycles. The molecule has 0 bridgehead atoms. The van der Waals surface area contributed by atoms with Gasteiger partial charge in [-0.3, -0.25) is 9.59 Å². The molecule has 1 amide bonds. The second-order valence-electron chi connectivity index (χ2n) is 4.69. The fourth-order valence-electron chi connectivity index (χ4n) is 1.83. The lowest BCUT2D eigenvalue weighted by Gasteiger charge is -2.09. The van der Waals surface area contributed by atoms with E-state index >= 15 is 0 Å². The highest BCUT2D eigenvalue weighted by atomic mass is 35.5. The van der Waals surface area contributed by atoms with E-state index in [2.05, 4.69) is 5.32 Å². The first-order valence-electron chi connectivity index (χ1n) is 6.51. The molecule has 0 fully saturated rings. The predicted molar refractivity (Wildman–Crippen MR) is 79.6 cm³/mol. The smallest absolute Gasteiger partial charge is 0.345 e. The maximum Gasteiger partial charge on any atom is 0.416 e. The number of benzene rings is 2. The third kappa shape index (κ3) is 4.56. The van der Waals surface area contributed by atoms with Crippen LogP contribution in [0.2, 0.25) is 5.02 Å². The van der Waals surface area contributed by atoms with Crippen LogP contribution in [0.1, 0.15) is 26.3 Å². The molecule has 0 aromatic heterocycles. The molecule has 2 aromatic carbocycles. The molecule has 0 heterocycles. The number of carbonyl (C=O) groups excluding carboxylic acids is 2. The molecule has 23 heavy (non-hydrogen) atoms. The average Bonchev–Trinajstić information content (AvgIpc) is 2.52. The van der Waals surface area contributed by atoms with Crippen LogP contribution in [0.5, 0.6) is 0 Å². The first kappa shape index (κ1) is 17.0. The highest BCUT2D eigenvalue weighted by Crippen LogP contribution is 2.29. The summed E-state index contributed by atoms with van der Waals surface area (Å²) in [6.07, 6.45) is -4.52. The summed E-state index contributed by atoms with van der Waals surface area (Å²) in [5.74, 6) is -1.12. The van der Waals surface area contributed by atoms with Gasteiger partial charge in [-0.1, -0.05) is 23.7 Å². The van der Waals surface area contributed by atoms with Gasteiger partial charge in [0.25, 0.3) is 5.91 Å². The van der Waals surface area contributed by atoms with Crippen molar-refractivity contribution in [3.63, 3.8) is 0 Å². The number of halogens is 4. The molecule has 0 aliphatic heterocycles. The Bertz CT molecular complexity index is 727. The Morgan fingerprint density at radius 3 is 2.26 bits per heavy atom. The Morgan fingerprint density at radius 2 is 1.65 bits per heavy atom. The van der Waals surface area contributed by atoms with E-state index in [-0.39, 0.29) is 5.56 Å². The van der Waals surface area contributed by atoms with Gasteiger partial charge >= 0.3 is 6.18 Å². The lowest BCUT2D eigenvalue weighted by molar-refractivity contribution is -0.137. The van der Waals surface area contributed by atoms with Crippen molar-refractivity contribution in [2.24, 2.45) is 0 Å². The Balaban J connectivity index is 2.02. The molecule has 0 aliphatic rings. The zero-order valence-corrected chi connectivity index (χ0v) is 12.4. The fraction of sp³-hybridized carbons (Fsp3) is 0.125. The Hall–Kier alpha value is -2.34. The number of ketones is 1. The minimum absolute atomic E-state index is 0.115. The van der Waals surface area contributed by atoms with Gasteiger partial charge in [-0.15, -0.1) is 0 Å². The van der Waals surface area contributed by atoms with Gasteiger partial charge < -0.3 is 5.32 Å². The topological polar surface area (TPSA) is 46.2 Å². The van der Waals surface area contributed by atoms with E-state index < -0.39 is 30.0 Å². The molecule has 1 N–H and O–H groups in total. The number of rotatable bonds is 4. The SMILES string of the molecule is O=C(CNC(=O)c1ccc(Cl)cc1)c1cccc(C(F)(F)F)c1. The second-order valence-corrected chi connectivity index (χ2v) is 5.13. The lowest BCUT2D eigenvalue weighted by Crippen LogP contribution is -2.29. The molecule has 0 aliphatic carbocycles. The van der Waals surface area contributed by atoms with Crippen LogP contribution in [-0.2, 0) is 6.18 Å². The fourth-order valence-corrected chi connectivity index (χ4v) is 1.96. The van der Waals surface area contributed by atoms with E-state index in [0.29, 0.717) is 10.6 Å². The third-order valence-corrected chi connectivity index (χ3v) is 3.28. The van der Waals surface area contributed by atoms with Crippen molar-refractivity contribution in [3.05, 3.63) is 70.2 Å². The third-order valence-electron chi connectivity index (χ3n) is 3.03. The molecule has 0 radical (unpaired) electrons. The molecule has 0 spiro atoms. The van der Waals surface area contributed by atoms with Crippen LogP contribution in [0.3, 0.4) is 0 Å². The standard InChI is InChI=1S/C16H11ClF3NO2/c17-13-6-4-10(5-7-13)15(23)21-9-14(22)11-2-1-3-12(8-11)16(18,19)20/h1-8H,9H2,(H,21,23). The zero-order valence-electron chi connectivity index (χ0n) is 11.7. The zero-order chi connectivity index (χ0) is 17.0. The van der Waals surface area contributed by atoms with Crippen LogP contribution >= 0.6 is 11.6 Å². The number of amides is 1. The molecule has 120 valence electrons. The van der Waals surface area contributed by atoms with E-state index in [0.717, 1.165) is 18.2 Å². The van der Waals surface area contributed by atoms with E-state index in [9.17, 15) is 22.8 Å². The first-order valence-corrected chi connectivity index (χ1v) is 6.89. The summed E-state index contributed by atoms with van der Waals surface area (Å²) in [5, 5.41) is 2.82. The normalized spacial score (nSPS) is 11.1. The molecule has 0 saturated carbocycles. The molecule has 0 unspecified atom stereocenters. The van der Waals surface area contributed by atoms with Crippen LogP contribution in [0, 0.1) is 0 Å². The molecule has 7 heteroatoms. The Morgan fingerprint density at radius 1 is 1.00 bits per heavy atom. The van der Waals surface area contributed by atoms with Crippen molar-refractivity contribution in [2.75, 3.05) is 6.54 Å². The first-order chi connectivity index (χ1) is 10.8. The van der Waals surface area contributed by atoms with Crippen LogP contribution in [0.15, 0.2) is 48.5 Å². The van der Waals surface area contributed by atoms with Crippen molar-refractivity contribution in [3.8, 4) is 0 Å². The number of alkyl halides is 3. The van der Waals surface area contributed by atoms with Crippen molar-refractivity contribution < 1.29 is 22.8 Å². The van der Waals surface area contributed by atoms with Gasteiger partial charge in [0.2, 0.25) is 0 Å². The summed E-state index contributed by atoms with van der Waals surface area (Å²) < 4.78 is 37.8. The Labute approximate surface area is 135 Å².